The van der Waals surface area contributed by atoms with E-state index in [0.29, 0.717) is 16.9 Å². The molecule has 3 aliphatic rings. The van der Waals surface area contributed by atoms with Crippen LogP contribution in [0.3, 0.4) is 0 Å². The summed E-state index contributed by atoms with van der Waals surface area (Å²) < 4.78 is 69.9. The number of hydrogen-bond acceptors (Lipinski definition) is 6. The van der Waals surface area contributed by atoms with Gasteiger partial charge in [0.1, 0.15) is 5.82 Å². The van der Waals surface area contributed by atoms with Gasteiger partial charge in [-0.05, 0) is 109 Å². The van der Waals surface area contributed by atoms with Crippen molar-refractivity contribution in [2.75, 3.05) is 35.2 Å². The van der Waals surface area contributed by atoms with E-state index in [2.05, 4.69) is 5.32 Å². The first-order valence-corrected chi connectivity index (χ1v) is 17.8. The molecule has 42 heavy (non-hydrogen) atoms. The van der Waals surface area contributed by atoms with E-state index in [1.165, 1.54) is 38.4 Å². The largest absolute Gasteiger partial charge is 0.322 e. The highest BCUT2D eigenvalue weighted by molar-refractivity contribution is 7.99. The molecule has 1 amide bonds. The molecule has 1 saturated carbocycles. The highest BCUT2D eigenvalue weighted by atomic mass is 32.2. The number of anilines is 2. The second-order valence-corrected chi connectivity index (χ2v) is 16.5. The van der Waals surface area contributed by atoms with Crippen LogP contribution in [0, 0.1) is 11.7 Å². The molecular weight excluding hydrogens is 598 g/mol. The van der Waals surface area contributed by atoms with E-state index in [1.54, 1.807) is 28.6 Å². The highest BCUT2D eigenvalue weighted by Crippen LogP contribution is 2.59. The average Bonchev–Trinajstić information content (AvgIpc) is 3.77. The third-order valence-electron chi connectivity index (χ3n) is 8.55. The predicted octanol–water partition coefficient (Wildman–Crippen LogP) is 5.08. The molecule has 0 bridgehead atoms. The van der Waals surface area contributed by atoms with Gasteiger partial charge in [0.05, 0.1) is 21.5 Å². The van der Waals surface area contributed by atoms with Gasteiger partial charge >= 0.3 is 0 Å². The molecule has 0 radical (unpaired) electrons. The molecule has 2 fully saturated rings. The van der Waals surface area contributed by atoms with Gasteiger partial charge in [-0.15, -0.1) is 0 Å². The van der Waals surface area contributed by atoms with Crippen molar-refractivity contribution in [3.63, 3.8) is 0 Å². The lowest BCUT2D eigenvalue weighted by atomic mass is 9.70. The quantitative estimate of drug-likeness (QED) is 0.391. The average molecular weight is 630 g/mol. The van der Waals surface area contributed by atoms with E-state index in [-0.39, 0.29) is 21.8 Å². The number of nitrogens with zero attached hydrogens (tertiary/aromatic N) is 2. The van der Waals surface area contributed by atoms with Crippen LogP contribution in [0.1, 0.15) is 41.6 Å². The van der Waals surface area contributed by atoms with Gasteiger partial charge in [0.25, 0.3) is 15.9 Å². The van der Waals surface area contributed by atoms with Gasteiger partial charge in [0.15, 0.2) is 0 Å². The number of benzene rings is 3. The number of halogens is 1. The van der Waals surface area contributed by atoms with Gasteiger partial charge in [0, 0.05) is 30.8 Å². The fourth-order valence-corrected chi connectivity index (χ4v) is 10.3. The maximum atomic E-state index is 14.2. The number of thioether (sulfide) groups is 1. The molecule has 1 spiro atoms. The Hall–Kier alpha value is -2.93. The minimum absolute atomic E-state index is 0.0390. The molecule has 1 aliphatic carbocycles. The lowest BCUT2D eigenvalue weighted by Crippen LogP contribution is -2.50. The van der Waals surface area contributed by atoms with Gasteiger partial charge in [0.2, 0.25) is 10.0 Å². The summed E-state index contributed by atoms with van der Waals surface area (Å²) in [6, 6.07) is 15.9. The first-order chi connectivity index (χ1) is 19.9. The minimum Gasteiger partial charge on any atom is -0.322 e. The lowest BCUT2D eigenvalue weighted by molar-refractivity contribution is 0.102. The summed E-state index contributed by atoms with van der Waals surface area (Å²) in [5.74, 6) is 1.05. The van der Waals surface area contributed by atoms with Crippen LogP contribution >= 0.6 is 11.8 Å². The summed E-state index contributed by atoms with van der Waals surface area (Å²) in [4.78, 5) is 13.6. The smallest absolute Gasteiger partial charge is 0.264 e. The van der Waals surface area contributed by atoms with Crippen LogP contribution in [0.4, 0.5) is 15.8 Å². The Labute approximate surface area is 250 Å². The van der Waals surface area contributed by atoms with Crippen molar-refractivity contribution < 1.29 is 26.0 Å². The normalized spacial score (nSPS) is 20.1. The van der Waals surface area contributed by atoms with Gasteiger partial charge in [-0.3, -0.25) is 9.10 Å². The van der Waals surface area contributed by atoms with Crippen LogP contribution in [0.15, 0.2) is 76.5 Å². The van der Waals surface area contributed by atoms with E-state index in [0.717, 1.165) is 59.2 Å². The molecule has 1 atom stereocenters. The van der Waals surface area contributed by atoms with Crippen molar-refractivity contribution in [3.05, 3.63) is 83.7 Å². The van der Waals surface area contributed by atoms with Crippen LogP contribution in [-0.4, -0.2) is 58.7 Å². The maximum absolute atomic E-state index is 14.2. The van der Waals surface area contributed by atoms with E-state index < -0.39 is 37.2 Å². The van der Waals surface area contributed by atoms with E-state index in [1.807, 2.05) is 17.8 Å². The molecule has 12 heteroatoms. The molecule has 222 valence electrons. The third-order valence-corrected chi connectivity index (χ3v) is 13.2. The molecule has 2 heterocycles. The molecule has 3 aromatic carbocycles. The Balaban J connectivity index is 1.41. The van der Waals surface area contributed by atoms with Crippen LogP contribution in [0.5, 0.6) is 0 Å². The molecule has 6 rings (SSSR count). The first kappa shape index (κ1) is 29.2. The topological polar surface area (TPSA) is 104 Å². The molecule has 2 aliphatic heterocycles. The monoisotopic (exact) mass is 629 g/mol. The zero-order valence-electron chi connectivity index (χ0n) is 23.3. The standard InChI is InChI=1S/C30H32FN3O5S3/c1-33(2)41(36,37)25-5-3-4-23(19-25)32-29(35)21-8-13-27-26(18-21)30(14-16-40-17-15-30)28(20-6-7-20)34(27)42(38,39)24-11-9-22(31)10-12-24/h3-5,8-13,18-20,28H,6-7,14-17H2,1-2H3,(H,32,35). The SMILES string of the molecule is CN(C)S(=O)(=O)c1cccc(NC(=O)c2ccc3c(c2)C2(CCSCC2)C(C2CC2)N3S(=O)(=O)c2ccc(F)cc2)c1. The van der Waals surface area contributed by atoms with Gasteiger partial charge < -0.3 is 5.32 Å². The molecule has 1 saturated heterocycles. The number of hydrogen-bond donors (Lipinski definition) is 1. The molecule has 1 unspecified atom stereocenters. The number of amides is 1. The maximum Gasteiger partial charge on any atom is 0.264 e. The minimum atomic E-state index is -4.01. The third kappa shape index (κ3) is 4.91. The number of nitrogens with one attached hydrogen (secondary N) is 1. The van der Waals surface area contributed by atoms with Gasteiger partial charge in [-0.25, -0.2) is 25.5 Å². The molecule has 1 N–H and O–H groups in total. The van der Waals surface area contributed by atoms with Crippen molar-refractivity contribution in [2.24, 2.45) is 5.92 Å². The molecule has 0 aromatic heterocycles. The van der Waals surface area contributed by atoms with Crippen LogP contribution in [0.2, 0.25) is 0 Å². The van der Waals surface area contributed by atoms with Crippen molar-refractivity contribution in [1.29, 1.82) is 0 Å². The summed E-state index contributed by atoms with van der Waals surface area (Å²) in [6.45, 7) is 0. The van der Waals surface area contributed by atoms with Crippen molar-refractivity contribution in [3.8, 4) is 0 Å². The fourth-order valence-electron chi connectivity index (χ4n) is 6.30. The second-order valence-electron chi connectivity index (χ2n) is 11.3. The Morgan fingerprint density at radius 3 is 2.29 bits per heavy atom. The summed E-state index contributed by atoms with van der Waals surface area (Å²) in [5, 5.41) is 2.82. The van der Waals surface area contributed by atoms with Crippen molar-refractivity contribution >= 4 is 49.1 Å². The molecular formula is C30H32FN3O5S3. The van der Waals surface area contributed by atoms with Crippen LogP contribution < -0.4 is 9.62 Å². The van der Waals surface area contributed by atoms with E-state index >= 15 is 0 Å². The molecule has 8 nitrogen and oxygen atoms in total. The predicted molar refractivity (Wildman–Crippen MR) is 163 cm³/mol. The van der Waals surface area contributed by atoms with E-state index in [4.69, 9.17) is 0 Å². The number of sulfonamides is 2. The van der Waals surface area contributed by atoms with Gasteiger partial charge in [-0.1, -0.05) is 6.07 Å². The zero-order chi connectivity index (χ0) is 29.9. The molecule has 3 aromatic rings. The van der Waals surface area contributed by atoms with Gasteiger partial charge in [-0.2, -0.15) is 11.8 Å². The van der Waals surface area contributed by atoms with E-state index in [9.17, 15) is 26.0 Å². The number of fused-ring (bicyclic) bond motifs is 2. The summed E-state index contributed by atoms with van der Waals surface area (Å²) in [7, 11) is -4.80. The van der Waals surface area contributed by atoms with Crippen LogP contribution in [0.25, 0.3) is 0 Å². The Kier molecular flexibility index (Phi) is 7.40. The van der Waals surface area contributed by atoms with Crippen molar-refractivity contribution in [2.45, 2.75) is 46.9 Å². The summed E-state index contributed by atoms with van der Waals surface area (Å²) in [5.41, 5.74) is 1.68. The number of rotatable bonds is 7. The highest BCUT2D eigenvalue weighted by Gasteiger charge is 2.59. The first-order valence-electron chi connectivity index (χ1n) is 13.8. The van der Waals surface area contributed by atoms with Crippen molar-refractivity contribution in [1.82, 2.24) is 4.31 Å². The lowest BCUT2D eigenvalue weighted by Gasteiger charge is -2.41. The Morgan fingerprint density at radius 2 is 1.64 bits per heavy atom. The summed E-state index contributed by atoms with van der Waals surface area (Å²) in [6.07, 6.45) is 3.44. The second kappa shape index (κ2) is 10.7. The Bertz CT molecular complexity index is 1750. The fraction of sp³-hybridized carbons (Fsp3) is 0.367. The zero-order valence-corrected chi connectivity index (χ0v) is 25.7. The van der Waals surface area contributed by atoms with Crippen LogP contribution in [-0.2, 0) is 25.5 Å². The summed E-state index contributed by atoms with van der Waals surface area (Å²) >= 11 is 1.85. The number of carbonyl (C=O) groups is 1. The Morgan fingerprint density at radius 1 is 0.952 bits per heavy atom. The number of carbonyl (C=O) groups excluding carboxylic acids is 1.